The van der Waals surface area contributed by atoms with Crippen molar-refractivity contribution in [3.8, 4) is 0 Å². The van der Waals surface area contributed by atoms with Gasteiger partial charge in [-0.15, -0.1) is 0 Å². The van der Waals surface area contributed by atoms with Gasteiger partial charge >= 0.3 is 12.0 Å². The minimum atomic E-state index is -0.818. The molecule has 0 saturated carbocycles. The Morgan fingerprint density at radius 1 is 1.53 bits per heavy atom. The number of urea groups is 1. The van der Waals surface area contributed by atoms with E-state index in [4.69, 9.17) is 5.11 Å². The molecule has 0 aromatic rings. The highest BCUT2D eigenvalue weighted by atomic mass is 32.2. The van der Waals surface area contributed by atoms with E-state index in [1.54, 1.807) is 4.90 Å². The lowest BCUT2D eigenvalue weighted by Crippen LogP contribution is -2.57. The molecular formula is C11H20N2O3S. The summed E-state index contributed by atoms with van der Waals surface area (Å²) in [5.74, 6) is 0.927. The summed E-state index contributed by atoms with van der Waals surface area (Å²) in [4.78, 5) is 23.8. The van der Waals surface area contributed by atoms with Crippen molar-refractivity contribution in [3.63, 3.8) is 0 Å². The molecule has 0 radical (unpaired) electrons. The summed E-state index contributed by atoms with van der Waals surface area (Å²) in [6.07, 6.45) is 0.945. The molecule has 17 heavy (non-hydrogen) atoms. The number of carboxylic acid groups (broad SMARTS) is 1. The second kappa shape index (κ2) is 6.74. The number of carbonyl (C=O) groups excluding carboxylic acids is 1. The smallest absolute Gasteiger partial charge is 0.317 e. The molecule has 1 aliphatic heterocycles. The topological polar surface area (TPSA) is 69.6 Å². The second-order valence-electron chi connectivity index (χ2n) is 4.28. The van der Waals surface area contributed by atoms with Crippen LogP contribution in [0.25, 0.3) is 0 Å². The van der Waals surface area contributed by atoms with E-state index in [0.717, 1.165) is 17.9 Å². The molecule has 6 heteroatoms. The molecule has 2 N–H and O–H groups in total. The van der Waals surface area contributed by atoms with E-state index in [2.05, 4.69) is 12.2 Å². The lowest BCUT2D eigenvalue weighted by molar-refractivity contribution is -0.146. The Morgan fingerprint density at radius 2 is 2.18 bits per heavy atom. The molecule has 0 aromatic carbocycles. The maximum Gasteiger partial charge on any atom is 0.317 e. The van der Waals surface area contributed by atoms with Gasteiger partial charge in [0.15, 0.2) is 0 Å². The summed E-state index contributed by atoms with van der Waals surface area (Å²) in [5, 5.41) is 11.6. The van der Waals surface area contributed by atoms with Crippen LogP contribution in [-0.2, 0) is 4.79 Å². The van der Waals surface area contributed by atoms with Crippen LogP contribution in [0.4, 0.5) is 4.79 Å². The molecule has 1 aliphatic rings. The Bertz CT molecular complexity index is 280. The predicted molar refractivity (Wildman–Crippen MR) is 68.3 cm³/mol. The van der Waals surface area contributed by atoms with Crippen molar-refractivity contribution in [1.82, 2.24) is 10.2 Å². The quantitative estimate of drug-likeness (QED) is 0.705. The Kier molecular flexibility index (Phi) is 5.61. The van der Waals surface area contributed by atoms with Crippen LogP contribution < -0.4 is 5.32 Å². The maximum atomic E-state index is 11.7. The predicted octanol–water partition coefficient (Wildman–Crippen LogP) is 1.24. The van der Waals surface area contributed by atoms with Gasteiger partial charge in [-0.25, -0.2) is 4.79 Å². The van der Waals surface area contributed by atoms with E-state index in [1.165, 1.54) is 0 Å². The summed E-state index contributed by atoms with van der Waals surface area (Å²) in [6, 6.07) is 0.00178. The van der Waals surface area contributed by atoms with Gasteiger partial charge in [0.05, 0.1) is 5.92 Å². The number of rotatable bonds is 6. The molecule has 1 saturated heterocycles. The first kappa shape index (κ1) is 14.2. The standard InChI is InChI=1S/C11H20N2O3S/c1-3-17-5-4-8(2)12-11(16)13-6-9(7-13)10(14)15/h8-9H,3-7H2,1-2H3,(H,12,16)(H,14,15). The molecule has 0 aliphatic carbocycles. The average molecular weight is 260 g/mol. The third-order valence-corrected chi connectivity index (χ3v) is 3.72. The normalized spacial score (nSPS) is 17.4. The fourth-order valence-corrected chi connectivity index (χ4v) is 2.39. The number of thioether (sulfide) groups is 1. The largest absolute Gasteiger partial charge is 0.481 e. The highest BCUT2D eigenvalue weighted by Gasteiger charge is 2.35. The van der Waals surface area contributed by atoms with Gasteiger partial charge in [-0.1, -0.05) is 6.92 Å². The number of nitrogens with one attached hydrogen (secondary N) is 1. The number of likely N-dealkylation sites (tertiary alicyclic amines) is 1. The number of amides is 2. The highest BCUT2D eigenvalue weighted by Crippen LogP contribution is 2.15. The molecule has 0 spiro atoms. The van der Waals surface area contributed by atoms with Gasteiger partial charge in [0.25, 0.3) is 0 Å². The number of aliphatic carboxylic acids is 1. The molecule has 1 unspecified atom stereocenters. The Labute approximate surface area is 106 Å². The molecule has 98 valence electrons. The number of hydrogen-bond donors (Lipinski definition) is 2. The van der Waals surface area contributed by atoms with Gasteiger partial charge in [-0.3, -0.25) is 4.79 Å². The lowest BCUT2D eigenvalue weighted by Gasteiger charge is -2.37. The van der Waals surface area contributed by atoms with Crippen LogP contribution in [0.3, 0.4) is 0 Å². The second-order valence-corrected chi connectivity index (χ2v) is 5.67. The first-order valence-corrected chi connectivity index (χ1v) is 7.06. The van der Waals surface area contributed by atoms with Gasteiger partial charge in [0.2, 0.25) is 0 Å². The third kappa shape index (κ3) is 4.46. The average Bonchev–Trinajstić information content (AvgIpc) is 2.14. The van der Waals surface area contributed by atoms with E-state index >= 15 is 0 Å². The van der Waals surface area contributed by atoms with E-state index < -0.39 is 5.97 Å². The number of hydrogen-bond acceptors (Lipinski definition) is 3. The number of carbonyl (C=O) groups is 2. The van der Waals surface area contributed by atoms with Gasteiger partial charge in [0.1, 0.15) is 0 Å². The Balaban J connectivity index is 2.15. The van der Waals surface area contributed by atoms with Crippen LogP contribution in [0.5, 0.6) is 0 Å². The van der Waals surface area contributed by atoms with Crippen LogP contribution in [0.1, 0.15) is 20.3 Å². The van der Waals surface area contributed by atoms with Crippen molar-refractivity contribution in [2.45, 2.75) is 26.3 Å². The van der Waals surface area contributed by atoms with Crippen molar-refractivity contribution in [2.24, 2.45) is 5.92 Å². The number of carboxylic acids is 1. The molecule has 0 bridgehead atoms. The fraction of sp³-hybridized carbons (Fsp3) is 0.818. The van der Waals surface area contributed by atoms with Crippen molar-refractivity contribution in [1.29, 1.82) is 0 Å². The van der Waals surface area contributed by atoms with Gasteiger partial charge in [-0.2, -0.15) is 11.8 Å². The molecule has 0 aromatic heterocycles. The van der Waals surface area contributed by atoms with Gasteiger partial charge in [-0.05, 0) is 24.9 Å². The van der Waals surface area contributed by atoms with Gasteiger partial charge < -0.3 is 15.3 Å². The minimum Gasteiger partial charge on any atom is -0.481 e. The molecule has 5 nitrogen and oxygen atoms in total. The first-order valence-electron chi connectivity index (χ1n) is 5.90. The van der Waals surface area contributed by atoms with E-state index in [-0.39, 0.29) is 18.0 Å². The Hall–Kier alpha value is -0.910. The van der Waals surface area contributed by atoms with Crippen LogP contribution in [0, 0.1) is 5.92 Å². The third-order valence-electron chi connectivity index (χ3n) is 2.79. The van der Waals surface area contributed by atoms with Crippen molar-refractivity contribution < 1.29 is 14.7 Å². The van der Waals surface area contributed by atoms with Crippen molar-refractivity contribution in [2.75, 3.05) is 24.6 Å². The van der Waals surface area contributed by atoms with E-state index in [0.29, 0.717) is 13.1 Å². The van der Waals surface area contributed by atoms with Crippen LogP contribution >= 0.6 is 11.8 Å². The zero-order valence-corrected chi connectivity index (χ0v) is 11.1. The lowest BCUT2D eigenvalue weighted by atomic mass is 10.0. The molecule has 1 atom stereocenters. The number of nitrogens with zero attached hydrogens (tertiary/aromatic N) is 1. The van der Waals surface area contributed by atoms with Crippen molar-refractivity contribution >= 4 is 23.8 Å². The monoisotopic (exact) mass is 260 g/mol. The summed E-state index contributed by atoms with van der Waals surface area (Å²) in [7, 11) is 0. The highest BCUT2D eigenvalue weighted by molar-refractivity contribution is 7.99. The van der Waals surface area contributed by atoms with Gasteiger partial charge in [0, 0.05) is 19.1 Å². The molecule has 1 rings (SSSR count). The first-order chi connectivity index (χ1) is 8.04. The zero-order valence-electron chi connectivity index (χ0n) is 10.3. The van der Waals surface area contributed by atoms with Crippen molar-refractivity contribution in [3.05, 3.63) is 0 Å². The summed E-state index contributed by atoms with van der Waals surface area (Å²) < 4.78 is 0. The van der Waals surface area contributed by atoms with E-state index in [1.807, 2.05) is 18.7 Å². The Morgan fingerprint density at radius 3 is 2.71 bits per heavy atom. The van der Waals surface area contributed by atoms with Crippen LogP contribution in [0.15, 0.2) is 0 Å². The summed E-state index contributed by atoms with van der Waals surface area (Å²) in [6.45, 7) is 4.75. The van der Waals surface area contributed by atoms with Crippen LogP contribution in [0.2, 0.25) is 0 Å². The van der Waals surface area contributed by atoms with Crippen LogP contribution in [-0.4, -0.2) is 52.6 Å². The zero-order chi connectivity index (χ0) is 12.8. The minimum absolute atomic E-state index is 0.142. The SMILES string of the molecule is CCSCCC(C)NC(=O)N1CC(C(=O)O)C1. The summed E-state index contributed by atoms with van der Waals surface area (Å²) in [5.41, 5.74) is 0. The fourth-order valence-electron chi connectivity index (χ4n) is 1.58. The molecule has 1 fully saturated rings. The molecular weight excluding hydrogens is 240 g/mol. The summed E-state index contributed by atoms with van der Waals surface area (Å²) >= 11 is 1.85. The maximum absolute atomic E-state index is 11.7. The molecule has 2 amide bonds. The van der Waals surface area contributed by atoms with E-state index in [9.17, 15) is 9.59 Å². The molecule has 1 heterocycles.